The van der Waals surface area contributed by atoms with Gasteiger partial charge in [0.1, 0.15) is 12.1 Å². The molecule has 0 saturated heterocycles. The average molecular weight is 461 g/mol. The summed E-state index contributed by atoms with van der Waals surface area (Å²) in [5, 5.41) is 2.56. The van der Waals surface area contributed by atoms with Gasteiger partial charge >= 0.3 is 12.1 Å². The molecule has 1 heterocycles. The van der Waals surface area contributed by atoms with Crippen LogP contribution in [0.1, 0.15) is 23.6 Å². The second-order valence-corrected chi connectivity index (χ2v) is 6.72. The molecule has 2 rings (SSSR count). The summed E-state index contributed by atoms with van der Waals surface area (Å²) in [7, 11) is 1.20. The van der Waals surface area contributed by atoms with E-state index in [9.17, 15) is 27.6 Å². The van der Waals surface area contributed by atoms with Crippen LogP contribution in [0.3, 0.4) is 0 Å². The minimum Gasteiger partial charge on any atom is -0.469 e. The van der Waals surface area contributed by atoms with Crippen molar-refractivity contribution >= 4 is 27.8 Å². The summed E-state index contributed by atoms with van der Waals surface area (Å²) in [4.78, 5) is 36.0. The molecule has 150 valence electrons. The first kappa shape index (κ1) is 21.7. The standard InChI is InChI=1S/C18H16BrF3N2O4/c1-28-16(26)9-14(11-4-2-5-12(19)8-11)23-15(25)10-24-7-3-6-13(17(24)27)18(20,21)22/h2-8,14H,9-10H2,1H3,(H,23,25). The highest BCUT2D eigenvalue weighted by Crippen LogP contribution is 2.26. The maximum Gasteiger partial charge on any atom is 0.421 e. The monoisotopic (exact) mass is 460 g/mol. The highest BCUT2D eigenvalue weighted by Gasteiger charge is 2.34. The molecule has 1 N–H and O–H groups in total. The van der Waals surface area contributed by atoms with Crippen molar-refractivity contribution in [3.63, 3.8) is 0 Å². The average Bonchev–Trinajstić information content (AvgIpc) is 2.61. The molecule has 1 amide bonds. The molecule has 0 aliphatic carbocycles. The molecule has 28 heavy (non-hydrogen) atoms. The second kappa shape index (κ2) is 9.05. The summed E-state index contributed by atoms with van der Waals surface area (Å²) in [6.07, 6.45) is -3.91. The van der Waals surface area contributed by atoms with E-state index in [2.05, 4.69) is 26.0 Å². The lowest BCUT2D eigenvalue weighted by Crippen LogP contribution is -2.37. The van der Waals surface area contributed by atoms with Crippen LogP contribution in [0.4, 0.5) is 13.2 Å². The number of methoxy groups -OCH3 is 1. The van der Waals surface area contributed by atoms with Gasteiger partial charge < -0.3 is 14.6 Å². The number of alkyl halides is 3. The van der Waals surface area contributed by atoms with Crippen LogP contribution in [0, 0.1) is 0 Å². The fraction of sp³-hybridized carbons (Fsp3) is 0.278. The highest BCUT2D eigenvalue weighted by molar-refractivity contribution is 9.10. The van der Waals surface area contributed by atoms with Crippen LogP contribution >= 0.6 is 15.9 Å². The van der Waals surface area contributed by atoms with E-state index in [0.717, 1.165) is 12.3 Å². The smallest absolute Gasteiger partial charge is 0.421 e. The van der Waals surface area contributed by atoms with Gasteiger partial charge in [-0.3, -0.25) is 14.4 Å². The van der Waals surface area contributed by atoms with Crippen molar-refractivity contribution in [2.24, 2.45) is 0 Å². The Morgan fingerprint density at radius 3 is 2.57 bits per heavy atom. The van der Waals surface area contributed by atoms with Crippen molar-refractivity contribution in [2.45, 2.75) is 25.2 Å². The molecular formula is C18H16BrF3N2O4. The van der Waals surface area contributed by atoms with Gasteiger partial charge in [-0.05, 0) is 29.8 Å². The number of carbonyl (C=O) groups excluding carboxylic acids is 2. The Morgan fingerprint density at radius 2 is 1.96 bits per heavy atom. The van der Waals surface area contributed by atoms with Crippen LogP contribution in [-0.4, -0.2) is 23.6 Å². The number of nitrogens with zero attached hydrogens (tertiary/aromatic N) is 1. The zero-order valence-electron chi connectivity index (χ0n) is 14.6. The molecule has 0 radical (unpaired) electrons. The number of hydrogen-bond acceptors (Lipinski definition) is 4. The third kappa shape index (κ3) is 5.69. The van der Waals surface area contributed by atoms with Crippen LogP contribution in [-0.2, 0) is 27.0 Å². The zero-order chi connectivity index (χ0) is 20.9. The normalized spacial score (nSPS) is 12.3. The van der Waals surface area contributed by atoms with Crippen molar-refractivity contribution < 1.29 is 27.5 Å². The molecule has 1 aromatic carbocycles. The minimum atomic E-state index is -4.82. The summed E-state index contributed by atoms with van der Waals surface area (Å²) in [5.74, 6) is -1.31. The zero-order valence-corrected chi connectivity index (χ0v) is 16.2. The molecule has 0 fully saturated rings. The van der Waals surface area contributed by atoms with Gasteiger partial charge in [0.25, 0.3) is 5.56 Å². The van der Waals surface area contributed by atoms with E-state index >= 15 is 0 Å². The third-order valence-electron chi connectivity index (χ3n) is 3.82. The van der Waals surface area contributed by atoms with Crippen molar-refractivity contribution in [3.8, 4) is 0 Å². The lowest BCUT2D eigenvalue weighted by atomic mass is 10.0. The number of rotatable bonds is 6. The molecule has 10 heteroatoms. The van der Waals surface area contributed by atoms with Gasteiger partial charge in [-0.1, -0.05) is 28.1 Å². The van der Waals surface area contributed by atoms with E-state index in [0.29, 0.717) is 20.7 Å². The van der Waals surface area contributed by atoms with E-state index < -0.39 is 41.8 Å². The first-order chi connectivity index (χ1) is 13.1. The molecule has 0 spiro atoms. The fourth-order valence-corrected chi connectivity index (χ4v) is 2.91. The molecule has 0 bridgehead atoms. The molecule has 6 nitrogen and oxygen atoms in total. The Labute approximate surface area is 166 Å². The van der Waals surface area contributed by atoms with Gasteiger partial charge in [-0.15, -0.1) is 0 Å². The number of ether oxygens (including phenoxy) is 1. The quantitative estimate of drug-likeness (QED) is 0.672. The number of carbonyl (C=O) groups is 2. The number of amides is 1. The number of benzene rings is 1. The lowest BCUT2D eigenvalue weighted by molar-refractivity contribution is -0.142. The predicted octanol–water partition coefficient (Wildman–Crippen LogP) is 3.05. The number of nitrogens with one attached hydrogen (secondary N) is 1. The SMILES string of the molecule is COC(=O)CC(NC(=O)Cn1cccc(C(F)(F)F)c1=O)c1cccc(Br)c1. The van der Waals surface area contributed by atoms with Crippen molar-refractivity contribution in [1.82, 2.24) is 9.88 Å². The summed E-state index contributed by atoms with van der Waals surface area (Å²) in [6, 6.07) is 7.73. The van der Waals surface area contributed by atoms with Crippen LogP contribution in [0.15, 0.2) is 51.9 Å². The highest BCUT2D eigenvalue weighted by atomic mass is 79.9. The number of aromatic nitrogens is 1. The first-order valence-electron chi connectivity index (χ1n) is 8.00. The molecule has 0 aliphatic heterocycles. The third-order valence-corrected chi connectivity index (χ3v) is 4.32. The maximum absolute atomic E-state index is 12.8. The molecule has 1 aromatic heterocycles. The summed E-state index contributed by atoms with van der Waals surface area (Å²) >= 11 is 3.29. The van der Waals surface area contributed by atoms with Crippen molar-refractivity contribution in [1.29, 1.82) is 0 Å². The molecule has 2 aromatic rings. The van der Waals surface area contributed by atoms with E-state index in [1.807, 2.05) is 0 Å². The fourth-order valence-electron chi connectivity index (χ4n) is 2.50. The van der Waals surface area contributed by atoms with Crippen molar-refractivity contribution in [3.05, 3.63) is 68.5 Å². The summed E-state index contributed by atoms with van der Waals surface area (Å²) < 4.78 is 44.5. The topological polar surface area (TPSA) is 77.4 Å². The Bertz CT molecular complexity index is 928. The van der Waals surface area contributed by atoms with Crippen LogP contribution in [0.25, 0.3) is 0 Å². The molecule has 0 saturated carbocycles. The van der Waals surface area contributed by atoms with Crippen LogP contribution in [0.5, 0.6) is 0 Å². The second-order valence-electron chi connectivity index (χ2n) is 5.81. The van der Waals surface area contributed by atoms with Gasteiger partial charge in [-0.25, -0.2) is 0 Å². The van der Waals surface area contributed by atoms with Gasteiger partial charge in [0.15, 0.2) is 0 Å². The first-order valence-corrected chi connectivity index (χ1v) is 8.79. The molecule has 1 atom stereocenters. The number of esters is 1. The molecular weight excluding hydrogens is 445 g/mol. The van der Waals surface area contributed by atoms with Gasteiger partial charge in [0.05, 0.1) is 19.6 Å². The van der Waals surface area contributed by atoms with Gasteiger partial charge in [-0.2, -0.15) is 13.2 Å². The lowest BCUT2D eigenvalue weighted by Gasteiger charge is -2.19. The molecule has 0 aliphatic rings. The van der Waals surface area contributed by atoms with E-state index in [4.69, 9.17) is 0 Å². The van der Waals surface area contributed by atoms with E-state index in [1.165, 1.54) is 7.11 Å². The van der Waals surface area contributed by atoms with Gasteiger partial charge in [0, 0.05) is 10.7 Å². The van der Waals surface area contributed by atoms with Crippen LogP contribution < -0.4 is 10.9 Å². The van der Waals surface area contributed by atoms with Crippen LogP contribution in [0.2, 0.25) is 0 Å². The van der Waals surface area contributed by atoms with E-state index in [-0.39, 0.29) is 6.42 Å². The van der Waals surface area contributed by atoms with Gasteiger partial charge in [0.2, 0.25) is 5.91 Å². The molecule has 1 unspecified atom stereocenters. The predicted molar refractivity (Wildman–Crippen MR) is 97.4 cm³/mol. The Kier molecular flexibility index (Phi) is 7.00. The Balaban J connectivity index is 2.23. The Hall–Kier alpha value is -2.62. The largest absolute Gasteiger partial charge is 0.469 e. The Morgan fingerprint density at radius 1 is 1.25 bits per heavy atom. The number of hydrogen-bond donors (Lipinski definition) is 1. The summed E-state index contributed by atoms with van der Waals surface area (Å²) in [5.41, 5.74) is -2.09. The maximum atomic E-state index is 12.8. The number of pyridine rings is 1. The van der Waals surface area contributed by atoms with E-state index in [1.54, 1.807) is 24.3 Å². The summed E-state index contributed by atoms with van der Waals surface area (Å²) in [6.45, 7) is -0.631. The minimum absolute atomic E-state index is 0.184. The van der Waals surface area contributed by atoms with Crippen molar-refractivity contribution in [2.75, 3.05) is 7.11 Å². The number of halogens is 4.